The summed E-state index contributed by atoms with van der Waals surface area (Å²) in [7, 11) is -2.60. The van der Waals surface area contributed by atoms with Gasteiger partial charge in [-0.3, -0.25) is 19.0 Å². The largest absolute Gasteiger partial charge is 0.462 e. The van der Waals surface area contributed by atoms with Gasteiger partial charge in [0.2, 0.25) is 0 Å². The Kier molecular flexibility index (Phi) is 9.16. The second-order valence-electron chi connectivity index (χ2n) is 10.1. The number of nitrogens with one attached hydrogen (secondary N) is 1. The fraction of sp³-hybridized carbons (Fsp3) is 0.680. The van der Waals surface area contributed by atoms with Gasteiger partial charge in [0.05, 0.1) is 19.3 Å². The van der Waals surface area contributed by atoms with Gasteiger partial charge in [-0.25, -0.2) is 4.57 Å². The zero-order valence-corrected chi connectivity index (χ0v) is 22.5. The topological polar surface area (TPSA) is 103 Å². The molecule has 0 radical (unpaired) electrons. The first kappa shape index (κ1) is 27.8. The van der Waals surface area contributed by atoms with E-state index in [0.717, 1.165) is 19.4 Å². The highest BCUT2D eigenvalue weighted by molar-refractivity contribution is 7.52. The smallest absolute Gasteiger partial charge is 0.459 e. The molecule has 4 rings (SSSR count). The summed E-state index contributed by atoms with van der Waals surface area (Å²) in [6, 6.07) is 7.83. The lowest BCUT2D eigenvalue weighted by Gasteiger charge is -2.55. The molecule has 2 bridgehead atoms. The molecule has 0 saturated carbocycles. The summed E-state index contributed by atoms with van der Waals surface area (Å²) < 4.78 is 36.8. The maximum absolute atomic E-state index is 14.1. The van der Waals surface area contributed by atoms with Crippen LogP contribution in [0.25, 0.3) is 0 Å². The molecule has 10 heteroatoms. The monoisotopic (exact) mass is 510 g/mol. The summed E-state index contributed by atoms with van der Waals surface area (Å²) in [5.41, 5.74) is -1.07. The molecule has 1 N–H and O–H groups in total. The van der Waals surface area contributed by atoms with E-state index >= 15 is 0 Å². The van der Waals surface area contributed by atoms with Crippen molar-refractivity contribution in [3.63, 3.8) is 0 Å². The highest BCUT2D eigenvalue weighted by Gasteiger charge is 2.57. The maximum atomic E-state index is 14.1. The Labute approximate surface area is 208 Å². The van der Waals surface area contributed by atoms with Gasteiger partial charge >= 0.3 is 13.7 Å². The Morgan fingerprint density at radius 1 is 1.20 bits per heavy atom. The summed E-state index contributed by atoms with van der Waals surface area (Å²) in [5.74, 6) is -0.543. The first-order valence-corrected chi connectivity index (χ1v) is 13.8. The van der Waals surface area contributed by atoms with Crippen LogP contribution >= 0.6 is 7.75 Å². The normalized spacial score (nSPS) is 28.7. The lowest BCUT2D eigenvalue weighted by molar-refractivity contribution is -0.163. The number of carbonyl (C=O) groups is 2. The van der Waals surface area contributed by atoms with Crippen LogP contribution in [0.5, 0.6) is 5.75 Å². The van der Waals surface area contributed by atoms with E-state index in [1.807, 2.05) is 19.9 Å². The average molecular weight is 511 g/mol. The first-order valence-electron chi connectivity index (χ1n) is 12.3. The van der Waals surface area contributed by atoms with Gasteiger partial charge in [0, 0.05) is 25.6 Å². The zero-order chi connectivity index (χ0) is 25.8. The molecular weight excluding hydrogens is 471 g/mol. The number of ketones is 1. The number of methoxy groups -OCH3 is 1. The van der Waals surface area contributed by atoms with Gasteiger partial charge in [-0.2, -0.15) is 5.09 Å². The number of para-hydroxylation sites is 1. The molecule has 196 valence electrons. The molecule has 3 heterocycles. The number of fused-ring (bicyclic) bond motifs is 3. The van der Waals surface area contributed by atoms with Crippen LogP contribution in [0.4, 0.5) is 0 Å². The number of Topliss-reactive ketones (excluding diaryl/α,β-unsaturated/α-hetero) is 1. The van der Waals surface area contributed by atoms with Crippen LogP contribution in [0.15, 0.2) is 30.3 Å². The van der Waals surface area contributed by atoms with Crippen LogP contribution in [0.3, 0.4) is 0 Å². The third-order valence-corrected chi connectivity index (χ3v) is 8.16. The van der Waals surface area contributed by atoms with Crippen molar-refractivity contribution in [3.8, 4) is 5.75 Å². The highest BCUT2D eigenvalue weighted by atomic mass is 31.2. The van der Waals surface area contributed by atoms with Gasteiger partial charge in [-0.1, -0.05) is 32.0 Å². The van der Waals surface area contributed by atoms with Crippen molar-refractivity contribution in [1.29, 1.82) is 0 Å². The van der Waals surface area contributed by atoms with Crippen LogP contribution in [-0.2, 0) is 28.2 Å². The molecule has 3 saturated heterocycles. The van der Waals surface area contributed by atoms with Gasteiger partial charge in [-0.15, -0.1) is 0 Å². The Balaban J connectivity index is 1.91. The molecule has 0 aliphatic carbocycles. The molecule has 1 aromatic carbocycles. The van der Waals surface area contributed by atoms with E-state index < -0.39 is 25.3 Å². The van der Waals surface area contributed by atoms with E-state index in [0.29, 0.717) is 5.75 Å². The molecular formula is C25H39N2O7P. The van der Waals surface area contributed by atoms with E-state index in [9.17, 15) is 14.2 Å². The fourth-order valence-corrected chi connectivity index (χ4v) is 6.71. The summed E-state index contributed by atoms with van der Waals surface area (Å²) in [4.78, 5) is 28.3. The van der Waals surface area contributed by atoms with Crippen molar-refractivity contribution >= 4 is 19.5 Å². The number of carbonyl (C=O) groups excluding carboxylic acids is 2. The summed E-state index contributed by atoms with van der Waals surface area (Å²) >= 11 is 0. The summed E-state index contributed by atoms with van der Waals surface area (Å²) in [6.07, 6.45) is 1.24. The van der Waals surface area contributed by atoms with E-state index in [4.69, 9.17) is 18.5 Å². The van der Waals surface area contributed by atoms with Gasteiger partial charge in [0.25, 0.3) is 0 Å². The molecule has 0 amide bonds. The van der Waals surface area contributed by atoms with Gasteiger partial charge in [0.15, 0.2) is 5.78 Å². The molecule has 35 heavy (non-hydrogen) atoms. The average Bonchev–Trinajstić information content (AvgIpc) is 2.79. The number of esters is 1. The molecule has 0 spiro atoms. The third-order valence-electron chi connectivity index (χ3n) is 6.65. The molecule has 2 unspecified atom stereocenters. The minimum atomic E-state index is -4.14. The standard InChI is InChI=1S/C25H39N2O7P/c1-17(2)22(24(29)33-18(3)4)26-35(30,34-21-10-8-7-9-11-21)32-16-25(15-31-6)23(28)20-12-13-27(25)19(5)14-20/h7-11,17-20,22H,12-16H2,1-6H3,(H,26,30)/t19-,20+,22-,25+,35?/m0/s1. The molecule has 9 nitrogen and oxygen atoms in total. The number of rotatable bonds is 12. The van der Waals surface area contributed by atoms with E-state index in [2.05, 4.69) is 16.9 Å². The Morgan fingerprint density at radius 2 is 1.89 bits per heavy atom. The van der Waals surface area contributed by atoms with Crippen molar-refractivity contribution in [1.82, 2.24) is 9.99 Å². The molecule has 0 aromatic heterocycles. The van der Waals surface area contributed by atoms with Crippen molar-refractivity contribution in [2.24, 2.45) is 11.8 Å². The van der Waals surface area contributed by atoms with E-state index in [1.165, 1.54) is 7.11 Å². The number of piperidine rings is 3. The van der Waals surface area contributed by atoms with Crippen molar-refractivity contribution in [2.45, 2.75) is 71.2 Å². The molecule has 6 atom stereocenters. The number of hydrogen-bond donors (Lipinski definition) is 1. The van der Waals surface area contributed by atoms with Crippen LogP contribution in [0.1, 0.15) is 47.5 Å². The number of nitrogens with zero attached hydrogens (tertiary/aromatic N) is 1. The quantitative estimate of drug-likeness (QED) is 0.332. The van der Waals surface area contributed by atoms with E-state index in [1.54, 1.807) is 38.1 Å². The summed E-state index contributed by atoms with van der Waals surface area (Å²) in [6.45, 7) is 9.86. The number of benzene rings is 1. The van der Waals surface area contributed by atoms with Crippen LogP contribution in [0.2, 0.25) is 0 Å². The fourth-order valence-electron chi connectivity index (χ4n) is 5.01. The first-order chi connectivity index (χ1) is 16.5. The predicted octanol–water partition coefficient (Wildman–Crippen LogP) is 3.82. The lowest BCUT2D eigenvalue weighted by atomic mass is 9.71. The van der Waals surface area contributed by atoms with Gasteiger partial charge < -0.3 is 14.0 Å². The van der Waals surface area contributed by atoms with Gasteiger partial charge in [0.1, 0.15) is 17.3 Å². The summed E-state index contributed by atoms with van der Waals surface area (Å²) in [5, 5.41) is 2.82. The third kappa shape index (κ3) is 6.33. The van der Waals surface area contributed by atoms with Gasteiger partial charge in [-0.05, 0) is 51.7 Å². The molecule has 3 fully saturated rings. The van der Waals surface area contributed by atoms with Crippen LogP contribution < -0.4 is 9.61 Å². The predicted molar refractivity (Wildman–Crippen MR) is 132 cm³/mol. The Hall–Kier alpha value is -1.77. The zero-order valence-electron chi connectivity index (χ0n) is 21.6. The highest BCUT2D eigenvalue weighted by Crippen LogP contribution is 2.48. The Morgan fingerprint density at radius 3 is 2.46 bits per heavy atom. The lowest BCUT2D eigenvalue weighted by Crippen LogP contribution is -2.71. The SMILES string of the molecule is COC[C@@]1(COP(=O)(N[C@H](C(=O)OC(C)C)C(C)C)Oc2ccccc2)C(=O)[C@@H]2CCN1[C@@H](C)C2. The number of hydrogen-bond acceptors (Lipinski definition) is 8. The van der Waals surface area contributed by atoms with Crippen LogP contribution in [0, 0.1) is 11.8 Å². The number of ether oxygens (including phenoxy) is 2. The van der Waals surface area contributed by atoms with Crippen LogP contribution in [-0.4, -0.2) is 67.2 Å². The second kappa shape index (κ2) is 11.5. The van der Waals surface area contributed by atoms with Crippen molar-refractivity contribution in [3.05, 3.63) is 30.3 Å². The maximum Gasteiger partial charge on any atom is 0.459 e. The van der Waals surface area contributed by atoms with Crippen molar-refractivity contribution in [2.75, 3.05) is 26.9 Å². The molecule has 3 aliphatic rings. The van der Waals surface area contributed by atoms with Crippen molar-refractivity contribution < 1.29 is 32.7 Å². The minimum absolute atomic E-state index is 0.0367. The minimum Gasteiger partial charge on any atom is -0.462 e. The second-order valence-corrected chi connectivity index (χ2v) is 11.8. The molecule has 1 aromatic rings. The molecule has 3 aliphatic heterocycles. The van der Waals surface area contributed by atoms with E-state index in [-0.39, 0.29) is 43.0 Å². The Bertz CT molecular complexity index is 926.